The van der Waals surface area contributed by atoms with Crippen molar-refractivity contribution in [3.05, 3.63) is 48.6 Å². The van der Waals surface area contributed by atoms with E-state index in [-0.39, 0.29) is 18.7 Å². The molecule has 1 amide bonds. The van der Waals surface area contributed by atoms with Crippen LogP contribution in [0.5, 0.6) is 0 Å². The molecule has 0 aromatic heterocycles. The summed E-state index contributed by atoms with van der Waals surface area (Å²) < 4.78 is 11.0. The van der Waals surface area contributed by atoms with Gasteiger partial charge >= 0.3 is 12.1 Å². The molecule has 0 bridgehead atoms. The summed E-state index contributed by atoms with van der Waals surface area (Å²) in [6, 6.07) is 9.58. The van der Waals surface area contributed by atoms with Crippen LogP contribution in [0.1, 0.15) is 45.6 Å². The largest absolute Gasteiger partial charge is 0.460 e. The Bertz CT molecular complexity index is 625. The van der Waals surface area contributed by atoms with Crippen molar-refractivity contribution in [1.82, 2.24) is 4.90 Å². The lowest BCUT2D eigenvalue weighted by atomic mass is 9.75. The molecular formula is C21H29NO4. The predicted molar refractivity (Wildman–Crippen MR) is 101 cm³/mol. The van der Waals surface area contributed by atoms with E-state index in [0.717, 1.165) is 5.56 Å². The molecule has 0 unspecified atom stereocenters. The SMILES string of the molecule is C=CCC1(C(=O)OC(C)(C)C)CCN(C(=O)OCc2ccccc2)CC1. The molecule has 142 valence electrons. The summed E-state index contributed by atoms with van der Waals surface area (Å²) in [6.45, 7) is 10.6. The normalized spacial score (nSPS) is 16.7. The van der Waals surface area contributed by atoms with Gasteiger partial charge in [-0.2, -0.15) is 0 Å². The third kappa shape index (κ3) is 5.35. The molecule has 26 heavy (non-hydrogen) atoms. The zero-order valence-corrected chi connectivity index (χ0v) is 16.0. The highest BCUT2D eigenvalue weighted by atomic mass is 16.6. The third-order valence-corrected chi connectivity index (χ3v) is 4.55. The first-order valence-electron chi connectivity index (χ1n) is 9.06. The highest BCUT2D eigenvalue weighted by Gasteiger charge is 2.44. The Hall–Kier alpha value is -2.30. The summed E-state index contributed by atoms with van der Waals surface area (Å²) in [7, 11) is 0. The number of hydrogen-bond acceptors (Lipinski definition) is 4. The second kappa shape index (κ2) is 8.39. The van der Waals surface area contributed by atoms with Gasteiger partial charge in [-0.05, 0) is 45.6 Å². The minimum atomic E-state index is -0.606. The van der Waals surface area contributed by atoms with Crippen molar-refractivity contribution >= 4 is 12.1 Å². The number of ether oxygens (including phenoxy) is 2. The van der Waals surface area contributed by atoms with Gasteiger partial charge < -0.3 is 14.4 Å². The summed E-state index contributed by atoms with van der Waals surface area (Å²) in [4.78, 5) is 26.7. The van der Waals surface area contributed by atoms with Crippen LogP contribution in [0.25, 0.3) is 0 Å². The van der Waals surface area contributed by atoms with Crippen molar-refractivity contribution < 1.29 is 19.1 Å². The zero-order valence-electron chi connectivity index (χ0n) is 16.0. The van der Waals surface area contributed by atoms with Crippen molar-refractivity contribution in [3.63, 3.8) is 0 Å². The summed E-state index contributed by atoms with van der Waals surface area (Å²) >= 11 is 0. The third-order valence-electron chi connectivity index (χ3n) is 4.55. The summed E-state index contributed by atoms with van der Waals surface area (Å²) in [5, 5.41) is 0. The van der Waals surface area contributed by atoms with Crippen molar-refractivity contribution in [2.75, 3.05) is 13.1 Å². The summed E-state index contributed by atoms with van der Waals surface area (Å²) in [5.41, 5.74) is -0.185. The van der Waals surface area contributed by atoms with Gasteiger partial charge in [0, 0.05) is 13.1 Å². The molecule has 5 heteroatoms. The van der Waals surface area contributed by atoms with Gasteiger partial charge in [0.25, 0.3) is 0 Å². The van der Waals surface area contributed by atoms with Gasteiger partial charge in [0.15, 0.2) is 0 Å². The van der Waals surface area contributed by atoms with Gasteiger partial charge in [0.2, 0.25) is 0 Å². The Kier molecular flexibility index (Phi) is 6.46. The van der Waals surface area contributed by atoms with Crippen LogP contribution in [0.2, 0.25) is 0 Å². The molecule has 5 nitrogen and oxygen atoms in total. The Labute approximate surface area is 156 Å². The van der Waals surface area contributed by atoms with Crippen LogP contribution in [0.15, 0.2) is 43.0 Å². The summed E-state index contributed by atoms with van der Waals surface area (Å²) in [5.74, 6) is -0.206. The van der Waals surface area contributed by atoms with Gasteiger partial charge in [-0.15, -0.1) is 6.58 Å². The smallest absolute Gasteiger partial charge is 0.410 e. The Morgan fingerprint density at radius 3 is 2.35 bits per heavy atom. The highest BCUT2D eigenvalue weighted by molar-refractivity contribution is 5.78. The van der Waals surface area contributed by atoms with E-state index in [1.807, 2.05) is 51.1 Å². The van der Waals surface area contributed by atoms with E-state index in [1.165, 1.54) is 0 Å². The minimum Gasteiger partial charge on any atom is -0.460 e. The average molecular weight is 359 g/mol. The van der Waals surface area contributed by atoms with Gasteiger partial charge in [-0.25, -0.2) is 4.79 Å². The Balaban J connectivity index is 1.93. The molecule has 1 aromatic carbocycles. The number of rotatable bonds is 5. The lowest BCUT2D eigenvalue weighted by molar-refractivity contribution is -0.170. The number of esters is 1. The lowest BCUT2D eigenvalue weighted by Gasteiger charge is -2.40. The molecule has 2 rings (SSSR count). The van der Waals surface area contributed by atoms with Crippen LogP contribution in [-0.4, -0.2) is 35.7 Å². The molecule has 1 aliphatic rings. The Morgan fingerprint density at radius 2 is 1.81 bits per heavy atom. The summed E-state index contributed by atoms with van der Waals surface area (Å²) in [6.07, 6.45) is 3.07. The fraction of sp³-hybridized carbons (Fsp3) is 0.524. The number of carbonyl (C=O) groups is 2. The van der Waals surface area contributed by atoms with E-state index >= 15 is 0 Å². The highest BCUT2D eigenvalue weighted by Crippen LogP contribution is 2.38. The van der Waals surface area contributed by atoms with E-state index in [0.29, 0.717) is 32.4 Å². The van der Waals surface area contributed by atoms with Crippen molar-refractivity contribution in [3.8, 4) is 0 Å². The number of benzene rings is 1. The van der Waals surface area contributed by atoms with Crippen LogP contribution >= 0.6 is 0 Å². The number of allylic oxidation sites excluding steroid dienone is 1. The molecule has 0 spiro atoms. The van der Waals surface area contributed by atoms with E-state index in [4.69, 9.17) is 9.47 Å². The Morgan fingerprint density at radius 1 is 1.19 bits per heavy atom. The van der Waals surface area contributed by atoms with E-state index in [1.54, 1.807) is 11.0 Å². The quantitative estimate of drug-likeness (QED) is 0.580. The van der Waals surface area contributed by atoms with Gasteiger partial charge in [0.05, 0.1) is 5.41 Å². The van der Waals surface area contributed by atoms with Crippen LogP contribution < -0.4 is 0 Å². The monoisotopic (exact) mass is 359 g/mol. The fourth-order valence-electron chi connectivity index (χ4n) is 3.08. The molecule has 0 radical (unpaired) electrons. The van der Waals surface area contributed by atoms with E-state index in [2.05, 4.69) is 6.58 Å². The van der Waals surface area contributed by atoms with Crippen LogP contribution in [0.4, 0.5) is 4.79 Å². The second-order valence-electron chi connectivity index (χ2n) is 7.80. The zero-order chi connectivity index (χ0) is 19.2. The van der Waals surface area contributed by atoms with Gasteiger partial charge in [-0.1, -0.05) is 36.4 Å². The first-order chi connectivity index (χ1) is 12.3. The fourth-order valence-corrected chi connectivity index (χ4v) is 3.08. The number of piperidine rings is 1. The maximum Gasteiger partial charge on any atom is 0.410 e. The molecule has 0 aliphatic carbocycles. The molecule has 1 fully saturated rings. The van der Waals surface area contributed by atoms with Crippen molar-refractivity contribution in [1.29, 1.82) is 0 Å². The van der Waals surface area contributed by atoms with E-state index < -0.39 is 11.0 Å². The molecule has 1 aliphatic heterocycles. The minimum absolute atomic E-state index is 0.206. The predicted octanol–water partition coefficient (Wildman–Crippen LogP) is 4.32. The second-order valence-corrected chi connectivity index (χ2v) is 7.80. The molecule has 1 heterocycles. The lowest BCUT2D eigenvalue weighted by Crippen LogP contribution is -2.48. The maximum atomic E-state index is 12.7. The van der Waals surface area contributed by atoms with Crippen molar-refractivity contribution in [2.45, 2.75) is 52.2 Å². The van der Waals surface area contributed by atoms with Gasteiger partial charge in [-0.3, -0.25) is 4.79 Å². The number of amides is 1. The first-order valence-corrected chi connectivity index (χ1v) is 9.06. The number of nitrogens with zero attached hydrogens (tertiary/aromatic N) is 1. The first kappa shape index (κ1) is 20.0. The van der Waals surface area contributed by atoms with Gasteiger partial charge in [0.1, 0.15) is 12.2 Å². The maximum absolute atomic E-state index is 12.7. The standard InChI is InChI=1S/C21H29NO4/c1-5-11-21(18(23)26-20(2,3)4)12-14-22(15-13-21)19(24)25-16-17-9-7-6-8-10-17/h5-10H,1,11-16H2,2-4H3. The number of carbonyl (C=O) groups excluding carboxylic acids is 2. The molecule has 0 saturated carbocycles. The van der Waals surface area contributed by atoms with Crippen LogP contribution in [0.3, 0.4) is 0 Å². The van der Waals surface area contributed by atoms with Crippen LogP contribution in [-0.2, 0) is 20.9 Å². The molecule has 0 atom stereocenters. The average Bonchev–Trinajstić information content (AvgIpc) is 2.60. The van der Waals surface area contributed by atoms with E-state index in [9.17, 15) is 9.59 Å². The van der Waals surface area contributed by atoms with Crippen molar-refractivity contribution in [2.24, 2.45) is 5.41 Å². The van der Waals surface area contributed by atoms with Crippen LogP contribution in [0, 0.1) is 5.41 Å². The molecule has 1 aromatic rings. The molecule has 1 saturated heterocycles. The number of likely N-dealkylation sites (tertiary alicyclic amines) is 1. The number of hydrogen-bond donors (Lipinski definition) is 0. The molecule has 0 N–H and O–H groups in total. The topological polar surface area (TPSA) is 55.8 Å². The molecular weight excluding hydrogens is 330 g/mol.